The number of carbonyl (C=O) groups excluding carboxylic acids is 1. The molecule has 0 radical (unpaired) electrons. The number of likely N-dealkylation sites (tertiary alicyclic amines) is 1. The maximum Gasteiger partial charge on any atom is 0.244 e. The van der Waals surface area contributed by atoms with Crippen molar-refractivity contribution in [2.24, 2.45) is 5.92 Å². The molecule has 2 aromatic rings. The van der Waals surface area contributed by atoms with E-state index >= 15 is 0 Å². The van der Waals surface area contributed by atoms with E-state index in [2.05, 4.69) is 22.1 Å². The molecule has 0 saturated carbocycles. The van der Waals surface area contributed by atoms with Crippen molar-refractivity contribution in [2.45, 2.75) is 25.9 Å². The van der Waals surface area contributed by atoms with Gasteiger partial charge in [0.1, 0.15) is 5.52 Å². The highest BCUT2D eigenvalue weighted by Crippen LogP contribution is 2.16. The highest BCUT2D eigenvalue weighted by Gasteiger charge is 2.18. The highest BCUT2D eigenvalue weighted by molar-refractivity contribution is 5.91. The van der Waals surface area contributed by atoms with Crippen LogP contribution in [0.25, 0.3) is 17.2 Å². The first-order chi connectivity index (χ1) is 12.1. The standard InChI is InChI=1S/C19H25N3O3/c1-14-8-10-22(11-9-14)13-15(23)12-20-18(24)6-7-19-21-16-4-2-3-5-17(16)25-19/h2-7,14-15,23H,8-13H2,1H3,(H,20,24)/b7-6+. The molecule has 1 unspecified atom stereocenters. The molecule has 0 aliphatic carbocycles. The van der Waals surface area contributed by atoms with Crippen molar-refractivity contribution in [3.05, 3.63) is 36.2 Å². The van der Waals surface area contributed by atoms with Gasteiger partial charge >= 0.3 is 0 Å². The summed E-state index contributed by atoms with van der Waals surface area (Å²) in [7, 11) is 0. The van der Waals surface area contributed by atoms with Crippen LogP contribution in [0.4, 0.5) is 0 Å². The predicted octanol–water partition coefficient (Wildman–Crippen LogP) is 2.05. The average Bonchev–Trinajstić information content (AvgIpc) is 3.03. The first kappa shape index (κ1) is 17.6. The fourth-order valence-corrected chi connectivity index (χ4v) is 2.99. The molecule has 3 rings (SSSR count). The molecule has 1 fully saturated rings. The van der Waals surface area contributed by atoms with Gasteiger partial charge in [0.2, 0.25) is 11.8 Å². The molecule has 1 aliphatic heterocycles. The van der Waals surface area contributed by atoms with E-state index in [0.29, 0.717) is 18.0 Å². The number of nitrogens with zero attached hydrogens (tertiary/aromatic N) is 2. The number of rotatable bonds is 6. The van der Waals surface area contributed by atoms with Crippen molar-refractivity contribution in [1.82, 2.24) is 15.2 Å². The van der Waals surface area contributed by atoms with Gasteiger partial charge in [-0.2, -0.15) is 0 Å². The molecule has 25 heavy (non-hydrogen) atoms. The van der Waals surface area contributed by atoms with Gasteiger partial charge in [-0.05, 0) is 44.0 Å². The minimum absolute atomic E-state index is 0.239. The second kappa shape index (κ2) is 8.27. The number of fused-ring (bicyclic) bond motifs is 1. The zero-order valence-corrected chi connectivity index (χ0v) is 14.5. The van der Waals surface area contributed by atoms with E-state index in [-0.39, 0.29) is 12.5 Å². The van der Waals surface area contributed by atoms with Gasteiger partial charge in [-0.1, -0.05) is 19.1 Å². The lowest BCUT2D eigenvalue weighted by molar-refractivity contribution is -0.117. The Kier molecular flexibility index (Phi) is 5.83. The molecule has 134 valence electrons. The van der Waals surface area contributed by atoms with Crippen LogP contribution in [0.2, 0.25) is 0 Å². The molecule has 1 aromatic carbocycles. The lowest BCUT2D eigenvalue weighted by Gasteiger charge is -2.31. The summed E-state index contributed by atoms with van der Waals surface area (Å²) in [4.78, 5) is 18.4. The van der Waals surface area contributed by atoms with Crippen molar-refractivity contribution in [3.63, 3.8) is 0 Å². The monoisotopic (exact) mass is 343 g/mol. The summed E-state index contributed by atoms with van der Waals surface area (Å²) in [6, 6.07) is 7.44. The Morgan fingerprint density at radius 1 is 1.44 bits per heavy atom. The molecule has 2 heterocycles. The summed E-state index contributed by atoms with van der Waals surface area (Å²) in [5.41, 5.74) is 1.45. The molecule has 1 atom stereocenters. The Labute approximate surface area is 147 Å². The number of amides is 1. The second-order valence-electron chi connectivity index (χ2n) is 6.74. The van der Waals surface area contributed by atoms with Crippen LogP contribution >= 0.6 is 0 Å². The Morgan fingerprint density at radius 2 is 2.20 bits per heavy atom. The Hall–Kier alpha value is -2.18. The number of β-amino-alcohol motifs (C(OH)–C–C–N with tert-alkyl or cyclic N) is 1. The van der Waals surface area contributed by atoms with Crippen molar-refractivity contribution in [3.8, 4) is 0 Å². The Balaban J connectivity index is 1.42. The van der Waals surface area contributed by atoms with E-state index < -0.39 is 6.10 Å². The third kappa shape index (κ3) is 5.14. The van der Waals surface area contributed by atoms with E-state index in [1.54, 1.807) is 0 Å². The lowest BCUT2D eigenvalue weighted by Crippen LogP contribution is -2.42. The third-order valence-electron chi connectivity index (χ3n) is 4.54. The van der Waals surface area contributed by atoms with E-state index in [1.807, 2.05) is 24.3 Å². The molecule has 6 nitrogen and oxygen atoms in total. The molecule has 1 aromatic heterocycles. The van der Waals surface area contributed by atoms with Gasteiger partial charge < -0.3 is 19.7 Å². The largest absolute Gasteiger partial charge is 0.437 e. The number of hydrogen-bond donors (Lipinski definition) is 2. The zero-order valence-electron chi connectivity index (χ0n) is 14.5. The van der Waals surface area contributed by atoms with Crippen molar-refractivity contribution in [2.75, 3.05) is 26.2 Å². The van der Waals surface area contributed by atoms with Crippen LogP contribution < -0.4 is 5.32 Å². The lowest BCUT2D eigenvalue weighted by atomic mass is 9.99. The van der Waals surface area contributed by atoms with Gasteiger partial charge in [-0.15, -0.1) is 0 Å². The minimum Gasteiger partial charge on any atom is -0.437 e. The topological polar surface area (TPSA) is 78.6 Å². The Morgan fingerprint density at radius 3 is 2.96 bits per heavy atom. The highest BCUT2D eigenvalue weighted by atomic mass is 16.3. The number of piperidine rings is 1. The molecule has 1 aliphatic rings. The number of aliphatic hydroxyl groups is 1. The third-order valence-corrected chi connectivity index (χ3v) is 4.54. The fourth-order valence-electron chi connectivity index (χ4n) is 2.99. The van der Waals surface area contributed by atoms with Crippen molar-refractivity contribution in [1.29, 1.82) is 0 Å². The normalized spacial score (nSPS) is 18.0. The summed E-state index contributed by atoms with van der Waals surface area (Å²) in [5.74, 6) is 0.887. The minimum atomic E-state index is -0.560. The number of para-hydroxylation sites is 2. The number of carbonyl (C=O) groups is 1. The van der Waals surface area contributed by atoms with Gasteiger partial charge in [0, 0.05) is 25.2 Å². The molecule has 2 N–H and O–H groups in total. The van der Waals surface area contributed by atoms with Crippen LogP contribution in [0.15, 0.2) is 34.8 Å². The number of aromatic nitrogens is 1. The summed E-state index contributed by atoms with van der Waals surface area (Å²) in [6.45, 7) is 5.13. The summed E-state index contributed by atoms with van der Waals surface area (Å²) >= 11 is 0. The van der Waals surface area contributed by atoms with Gasteiger partial charge in [0.05, 0.1) is 6.10 Å². The predicted molar refractivity (Wildman–Crippen MR) is 96.9 cm³/mol. The van der Waals surface area contributed by atoms with Crippen LogP contribution in [0.5, 0.6) is 0 Å². The SMILES string of the molecule is CC1CCN(CC(O)CNC(=O)/C=C/c2nc3ccccc3o2)CC1. The molecule has 0 spiro atoms. The molecule has 1 amide bonds. The molecule has 6 heteroatoms. The van der Waals surface area contributed by atoms with Crippen LogP contribution in [0.3, 0.4) is 0 Å². The quantitative estimate of drug-likeness (QED) is 0.785. The average molecular weight is 343 g/mol. The van der Waals surface area contributed by atoms with Crippen LogP contribution in [0.1, 0.15) is 25.7 Å². The Bertz CT molecular complexity index is 699. The number of oxazole rings is 1. The first-order valence-electron chi connectivity index (χ1n) is 8.82. The van der Waals surface area contributed by atoms with Crippen molar-refractivity contribution < 1.29 is 14.3 Å². The number of aliphatic hydroxyl groups excluding tert-OH is 1. The van der Waals surface area contributed by atoms with Crippen LogP contribution in [0, 0.1) is 5.92 Å². The zero-order chi connectivity index (χ0) is 17.6. The smallest absolute Gasteiger partial charge is 0.244 e. The maximum absolute atomic E-state index is 11.9. The summed E-state index contributed by atoms with van der Waals surface area (Å²) in [6.07, 6.45) is 4.70. The van der Waals surface area contributed by atoms with E-state index in [1.165, 1.54) is 25.0 Å². The van der Waals surface area contributed by atoms with Gasteiger partial charge in [-0.25, -0.2) is 4.98 Å². The van der Waals surface area contributed by atoms with Gasteiger partial charge in [0.15, 0.2) is 5.58 Å². The van der Waals surface area contributed by atoms with E-state index in [4.69, 9.17) is 4.42 Å². The van der Waals surface area contributed by atoms with E-state index in [9.17, 15) is 9.90 Å². The van der Waals surface area contributed by atoms with Crippen LogP contribution in [-0.2, 0) is 4.79 Å². The molecular formula is C19H25N3O3. The summed E-state index contributed by atoms with van der Waals surface area (Å²) < 4.78 is 5.52. The van der Waals surface area contributed by atoms with Gasteiger partial charge in [0.25, 0.3) is 0 Å². The second-order valence-corrected chi connectivity index (χ2v) is 6.74. The van der Waals surface area contributed by atoms with E-state index in [0.717, 1.165) is 24.5 Å². The number of benzene rings is 1. The first-order valence-corrected chi connectivity index (χ1v) is 8.82. The number of nitrogens with one attached hydrogen (secondary N) is 1. The van der Waals surface area contributed by atoms with Crippen LogP contribution in [-0.4, -0.2) is 53.2 Å². The summed E-state index contributed by atoms with van der Waals surface area (Å²) in [5, 5.41) is 12.8. The van der Waals surface area contributed by atoms with Gasteiger partial charge in [-0.3, -0.25) is 4.79 Å². The fraction of sp³-hybridized carbons (Fsp3) is 0.474. The number of hydrogen-bond acceptors (Lipinski definition) is 5. The molecular weight excluding hydrogens is 318 g/mol. The maximum atomic E-state index is 11.9. The van der Waals surface area contributed by atoms with Crippen molar-refractivity contribution >= 4 is 23.1 Å². The molecule has 1 saturated heterocycles. The molecule has 0 bridgehead atoms.